The van der Waals surface area contributed by atoms with Crippen molar-refractivity contribution in [3.05, 3.63) is 29.3 Å². The highest BCUT2D eigenvalue weighted by molar-refractivity contribution is 6.32. The molecule has 1 aliphatic rings. The third-order valence-corrected chi connectivity index (χ3v) is 4.38. The van der Waals surface area contributed by atoms with Crippen molar-refractivity contribution >= 4 is 17.6 Å². The van der Waals surface area contributed by atoms with Crippen LogP contribution in [-0.4, -0.2) is 56.9 Å². The van der Waals surface area contributed by atoms with Crippen molar-refractivity contribution in [3.63, 3.8) is 0 Å². The number of guanidine groups is 1. The minimum atomic E-state index is -0.0107. The number of ether oxygens (including phenoxy) is 2. The van der Waals surface area contributed by atoms with Gasteiger partial charge in [0.1, 0.15) is 11.9 Å². The lowest BCUT2D eigenvalue weighted by Crippen LogP contribution is -2.43. The number of halogens is 1. The molecule has 0 aliphatic carbocycles. The smallest absolute Gasteiger partial charge is 0.193 e. The Bertz CT molecular complexity index is 539. The molecule has 1 aromatic rings. The highest BCUT2D eigenvalue weighted by Crippen LogP contribution is 2.24. The summed E-state index contributed by atoms with van der Waals surface area (Å²) in [6.07, 6.45) is 1.13. The summed E-state index contributed by atoms with van der Waals surface area (Å²) in [6.45, 7) is 8.33. The summed E-state index contributed by atoms with van der Waals surface area (Å²) in [5.74, 6) is 2.21. The summed E-state index contributed by atoms with van der Waals surface area (Å²) >= 11 is 6.13. The fourth-order valence-corrected chi connectivity index (χ4v) is 2.99. The summed E-state index contributed by atoms with van der Waals surface area (Å²) in [5, 5.41) is 4.03. The Hall–Kier alpha value is -1.46. The number of nitrogens with one attached hydrogen (secondary N) is 1. The van der Waals surface area contributed by atoms with E-state index in [9.17, 15) is 0 Å². The largest absolute Gasteiger partial charge is 0.487 e. The molecule has 0 aromatic heterocycles. The van der Waals surface area contributed by atoms with Gasteiger partial charge in [-0.15, -0.1) is 0 Å². The second-order valence-electron chi connectivity index (χ2n) is 6.05. The number of likely N-dealkylation sites (tertiary alicyclic amines) is 1. The van der Waals surface area contributed by atoms with Gasteiger partial charge in [0, 0.05) is 32.7 Å². The Morgan fingerprint density at radius 1 is 1.46 bits per heavy atom. The van der Waals surface area contributed by atoms with Crippen molar-refractivity contribution in [3.8, 4) is 5.75 Å². The molecule has 0 spiro atoms. The van der Waals surface area contributed by atoms with E-state index in [1.165, 1.54) is 0 Å². The topological polar surface area (TPSA) is 46.1 Å². The molecule has 2 unspecified atom stereocenters. The Morgan fingerprint density at radius 3 is 2.96 bits per heavy atom. The normalized spacial score (nSPS) is 19.4. The maximum absolute atomic E-state index is 6.13. The number of nitrogens with zero attached hydrogens (tertiary/aromatic N) is 2. The number of para-hydroxylation sites is 1. The van der Waals surface area contributed by atoms with Gasteiger partial charge >= 0.3 is 0 Å². The molecule has 24 heavy (non-hydrogen) atoms. The first kappa shape index (κ1) is 18.9. The second-order valence-corrected chi connectivity index (χ2v) is 6.45. The molecule has 1 aromatic carbocycles. The minimum Gasteiger partial charge on any atom is -0.487 e. The van der Waals surface area contributed by atoms with Crippen molar-refractivity contribution < 1.29 is 9.47 Å². The monoisotopic (exact) mass is 353 g/mol. The molecule has 2 rings (SSSR count). The zero-order chi connectivity index (χ0) is 17.4. The molecule has 1 saturated heterocycles. The molecule has 134 valence electrons. The Balaban J connectivity index is 1.78. The Morgan fingerprint density at radius 2 is 2.25 bits per heavy atom. The van der Waals surface area contributed by atoms with Gasteiger partial charge in [0.25, 0.3) is 0 Å². The van der Waals surface area contributed by atoms with Gasteiger partial charge < -0.3 is 19.7 Å². The molecular formula is C18H28ClN3O2. The van der Waals surface area contributed by atoms with Crippen LogP contribution in [0.2, 0.25) is 5.02 Å². The van der Waals surface area contributed by atoms with Crippen molar-refractivity contribution in [2.75, 3.05) is 39.9 Å². The highest BCUT2D eigenvalue weighted by Gasteiger charge is 2.25. The van der Waals surface area contributed by atoms with E-state index in [2.05, 4.69) is 15.2 Å². The number of hydrogen-bond acceptors (Lipinski definition) is 3. The molecule has 0 radical (unpaired) electrons. The number of benzene rings is 1. The maximum atomic E-state index is 6.13. The fourth-order valence-electron chi connectivity index (χ4n) is 2.81. The first-order valence-corrected chi connectivity index (χ1v) is 8.96. The molecule has 0 amide bonds. The first-order chi connectivity index (χ1) is 11.6. The number of rotatable bonds is 7. The average molecular weight is 354 g/mol. The van der Waals surface area contributed by atoms with Crippen LogP contribution >= 0.6 is 11.6 Å². The van der Waals surface area contributed by atoms with Crippen LogP contribution in [0.3, 0.4) is 0 Å². The predicted molar refractivity (Wildman–Crippen MR) is 99.1 cm³/mol. The van der Waals surface area contributed by atoms with Crippen LogP contribution in [0.4, 0.5) is 0 Å². The van der Waals surface area contributed by atoms with Crippen LogP contribution in [0.1, 0.15) is 20.3 Å². The summed E-state index contributed by atoms with van der Waals surface area (Å²) < 4.78 is 11.4. The number of aliphatic imine (C=N–C) groups is 1. The SMILES string of the molecule is CCOCC1CCN(C(=NC)NCC(C)Oc2ccccc2Cl)C1. The molecule has 1 N–H and O–H groups in total. The van der Waals surface area contributed by atoms with E-state index in [4.69, 9.17) is 21.1 Å². The van der Waals surface area contributed by atoms with Crippen LogP contribution in [0, 0.1) is 5.92 Å². The summed E-state index contributed by atoms with van der Waals surface area (Å²) in [6, 6.07) is 7.53. The quantitative estimate of drug-likeness (QED) is 0.604. The zero-order valence-electron chi connectivity index (χ0n) is 14.8. The third kappa shape index (κ3) is 5.56. The van der Waals surface area contributed by atoms with Gasteiger partial charge in [0.05, 0.1) is 18.2 Å². The molecule has 6 heteroatoms. The zero-order valence-corrected chi connectivity index (χ0v) is 15.6. The van der Waals surface area contributed by atoms with Gasteiger partial charge in [-0.1, -0.05) is 23.7 Å². The molecule has 2 atom stereocenters. The summed E-state index contributed by atoms with van der Waals surface area (Å²) in [5.41, 5.74) is 0. The second kappa shape index (κ2) is 9.74. The summed E-state index contributed by atoms with van der Waals surface area (Å²) in [4.78, 5) is 6.67. The first-order valence-electron chi connectivity index (χ1n) is 8.58. The van der Waals surface area contributed by atoms with Gasteiger partial charge in [0.2, 0.25) is 0 Å². The third-order valence-electron chi connectivity index (χ3n) is 4.07. The molecule has 1 heterocycles. The van der Waals surface area contributed by atoms with Gasteiger partial charge in [-0.25, -0.2) is 0 Å². The van der Waals surface area contributed by atoms with Gasteiger partial charge in [-0.3, -0.25) is 4.99 Å². The van der Waals surface area contributed by atoms with E-state index in [1.54, 1.807) is 0 Å². The van der Waals surface area contributed by atoms with Crippen LogP contribution < -0.4 is 10.1 Å². The predicted octanol–water partition coefficient (Wildman–Crippen LogP) is 3.04. The highest BCUT2D eigenvalue weighted by atomic mass is 35.5. The lowest BCUT2D eigenvalue weighted by molar-refractivity contribution is 0.114. The maximum Gasteiger partial charge on any atom is 0.193 e. The summed E-state index contributed by atoms with van der Waals surface area (Å²) in [7, 11) is 1.82. The Kier molecular flexibility index (Phi) is 7.66. The number of hydrogen-bond donors (Lipinski definition) is 1. The molecule has 1 fully saturated rings. The molecule has 0 bridgehead atoms. The van der Waals surface area contributed by atoms with Gasteiger partial charge in [0.15, 0.2) is 5.96 Å². The van der Waals surface area contributed by atoms with E-state index < -0.39 is 0 Å². The van der Waals surface area contributed by atoms with Gasteiger partial charge in [-0.05, 0) is 32.4 Å². The Labute approximate surface area is 150 Å². The lowest BCUT2D eigenvalue weighted by atomic mass is 10.1. The van der Waals surface area contributed by atoms with Crippen molar-refractivity contribution in [2.45, 2.75) is 26.4 Å². The van der Waals surface area contributed by atoms with E-state index in [0.29, 0.717) is 23.2 Å². The van der Waals surface area contributed by atoms with Crippen LogP contribution in [-0.2, 0) is 4.74 Å². The standard InChI is InChI=1S/C18H28ClN3O2/c1-4-23-13-15-9-10-22(12-15)18(20-3)21-11-14(2)24-17-8-6-5-7-16(17)19/h5-8,14-15H,4,9-13H2,1-3H3,(H,20,21). The fraction of sp³-hybridized carbons (Fsp3) is 0.611. The van der Waals surface area contributed by atoms with Gasteiger partial charge in [-0.2, -0.15) is 0 Å². The minimum absolute atomic E-state index is 0.0107. The molecular weight excluding hydrogens is 326 g/mol. The van der Waals surface area contributed by atoms with Crippen LogP contribution in [0.5, 0.6) is 5.75 Å². The van der Waals surface area contributed by atoms with Crippen molar-refractivity contribution in [1.82, 2.24) is 10.2 Å². The van der Waals surface area contributed by atoms with Crippen LogP contribution in [0.25, 0.3) is 0 Å². The molecule has 1 aliphatic heterocycles. The van der Waals surface area contributed by atoms with E-state index in [0.717, 1.165) is 38.7 Å². The van der Waals surface area contributed by atoms with E-state index in [-0.39, 0.29) is 6.10 Å². The molecule has 5 nitrogen and oxygen atoms in total. The average Bonchev–Trinajstić information content (AvgIpc) is 3.04. The van der Waals surface area contributed by atoms with Crippen molar-refractivity contribution in [1.29, 1.82) is 0 Å². The van der Waals surface area contributed by atoms with Crippen LogP contribution in [0.15, 0.2) is 29.3 Å². The lowest BCUT2D eigenvalue weighted by Gasteiger charge is -2.24. The van der Waals surface area contributed by atoms with E-state index >= 15 is 0 Å². The molecule has 0 saturated carbocycles. The van der Waals surface area contributed by atoms with E-state index in [1.807, 2.05) is 45.2 Å². The van der Waals surface area contributed by atoms with Crippen molar-refractivity contribution in [2.24, 2.45) is 10.9 Å².